The number of furan rings is 1. The van der Waals surface area contributed by atoms with E-state index in [0.717, 1.165) is 24.2 Å². The summed E-state index contributed by atoms with van der Waals surface area (Å²) in [5.74, 6) is 2.14. The molecule has 3 fully saturated rings. The molecule has 1 atom stereocenters. The van der Waals surface area contributed by atoms with Crippen LogP contribution in [-0.4, -0.2) is 41.0 Å². The van der Waals surface area contributed by atoms with Crippen molar-refractivity contribution < 1.29 is 9.25 Å². The lowest BCUT2D eigenvalue weighted by atomic mass is 9.73. The van der Waals surface area contributed by atoms with Gasteiger partial charge in [0.05, 0.1) is 6.42 Å². The third-order valence-corrected chi connectivity index (χ3v) is 5.44. The van der Waals surface area contributed by atoms with Gasteiger partial charge < -0.3 is 14.6 Å². The van der Waals surface area contributed by atoms with Gasteiger partial charge in [-0.05, 0) is 49.7 Å². The minimum absolute atomic E-state index is 0.142. The van der Waals surface area contributed by atoms with Crippen molar-refractivity contribution in [2.24, 2.45) is 11.1 Å². The van der Waals surface area contributed by atoms with Crippen LogP contribution in [0.1, 0.15) is 19.3 Å². The maximum Gasteiger partial charge on any atom is 0.229 e. The van der Waals surface area contributed by atoms with E-state index in [1.165, 1.54) is 25.9 Å². The van der Waals surface area contributed by atoms with Crippen molar-refractivity contribution in [2.75, 3.05) is 25.0 Å². The van der Waals surface area contributed by atoms with E-state index >= 15 is 0 Å². The summed E-state index contributed by atoms with van der Waals surface area (Å²) in [4.78, 5) is 12.8. The molecule has 0 saturated carbocycles. The number of piperidine rings is 3. The SMILES string of the molecule is Clc1cc2ccc(NC3=NOC4(C3)CN3CCC4CC3)nc2o1. The second-order valence-electron chi connectivity index (χ2n) is 6.69. The Morgan fingerprint density at radius 3 is 2.96 bits per heavy atom. The molecular formula is C16H17ClN4O2. The predicted octanol–water partition coefficient (Wildman–Crippen LogP) is 3.09. The lowest BCUT2D eigenvalue weighted by Gasteiger charge is -2.49. The highest BCUT2D eigenvalue weighted by atomic mass is 35.5. The first-order valence-electron chi connectivity index (χ1n) is 8.01. The summed E-state index contributed by atoms with van der Waals surface area (Å²) in [7, 11) is 0. The van der Waals surface area contributed by atoms with Crippen LogP contribution in [0.4, 0.5) is 5.82 Å². The molecule has 1 N–H and O–H groups in total. The van der Waals surface area contributed by atoms with E-state index in [1.54, 1.807) is 6.07 Å². The number of amidine groups is 1. The van der Waals surface area contributed by atoms with Crippen LogP contribution in [-0.2, 0) is 4.84 Å². The predicted molar refractivity (Wildman–Crippen MR) is 87.7 cm³/mol. The zero-order valence-electron chi connectivity index (χ0n) is 12.6. The van der Waals surface area contributed by atoms with Crippen LogP contribution in [0.3, 0.4) is 0 Å². The lowest BCUT2D eigenvalue weighted by molar-refractivity contribution is -0.136. The fourth-order valence-corrected chi connectivity index (χ4v) is 4.28. The molecule has 4 aliphatic rings. The van der Waals surface area contributed by atoms with Crippen LogP contribution in [0, 0.1) is 5.92 Å². The molecule has 7 heteroatoms. The molecule has 120 valence electrons. The van der Waals surface area contributed by atoms with Crippen LogP contribution in [0.5, 0.6) is 0 Å². The molecule has 6 rings (SSSR count). The number of rotatable bonds is 1. The van der Waals surface area contributed by atoms with Gasteiger partial charge in [0.25, 0.3) is 0 Å². The Labute approximate surface area is 138 Å². The van der Waals surface area contributed by atoms with Crippen molar-refractivity contribution in [3.05, 3.63) is 23.4 Å². The molecule has 0 aliphatic carbocycles. The van der Waals surface area contributed by atoms with Gasteiger partial charge in [0.15, 0.2) is 16.7 Å². The number of aromatic nitrogens is 1. The van der Waals surface area contributed by atoms with E-state index < -0.39 is 0 Å². The van der Waals surface area contributed by atoms with Crippen molar-refractivity contribution in [3.63, 3.8) is 0 Å². The van der Waals surface area contributed by atoms with Gasteiger partial charge in [0.2, 0.25) is 5.71 Å². The fraction of sp³-hybridized carbons (Fsp3) is 0.500. The van der Waals surface area contributed by atoms with Crippen LogP contribution >= 0.6 is 11.6 Å². The number of pyridine rings is 1. The monoisotopic (exact) mass is 332 g/mol. The first-order chi connectivity index (χ1) is 11.2. The van der Waals surface area contributed by atoms with Crippen molar-refractivity contribution in [3.8, 4) is 0 Å². The highest BCUT2D eigenvalue weighted by molar-refractivity contribution is 6.29. The number of oxime groups is 1. The summed E-state index contributed by atoms with van der Waals surface area (Å²) in [6, 6.07) is 5.59. The molecule has 2 aromatic rings. The number of nitrogens with zero attached hydrogens (tertiary/aromatic N) is 3. The van der Waals surface area contributed by atoms with Gasteiger partial charge in [-0.2, -0.15) is 4.98 Å². The van der Waals surface area contributed by atoms with Gasteiger partial charge in [-0.15, -0.1) is 0 Å². The van der Waals surface area contributed by atoms with Crippen molar-refractivity contribution >= 4 is 34.4 Å². The molecule has 3 saturated heterocycles. The topological polar surface area (TPSA) is 62.9 Å². The minimum Gasteiger partial charge on any atom is -0.426 e. The molecule has 2 aromatic heterocycles. The maximum atomic E-state index is 5.90. The Kier molecular flexibility index (Phi) is 2.87. The third-order valence-electron chi connectivity index (χ3n) is 5.25. The lowest BCUT2D eigenvalue weighted by Crippen LogP contribution is -2.59. The van der Waals surface area contributed by atoms with Gasteiger partial charge >= 0.3 is 0 Å². The zero-order chi connectivity index (χ0) is 15.4. The number of nitrogens with one attached hydrogen (secondary N) is 1. The Morgan fingerprint density at radius 2 is 2.17 bits per heavy atom. The first kappa shape index (κ1) is 13.6. The van der Waals surface area contributed by atoms with E-state index in [0.29, 0.717) is 22.7 Å². The van der Waals surface area contributed by atoms with Gasteiger partial charge in [-0.1, -0.05) is 5.16 Å². The normalized spacial score (nSPS) is 32.3. The Bertz CT molecular complexity index is 796. The number of fused-ring (bicyclic) bond motifs is 3. The van der Waals surface area contributed by atoms with Gasteiger partial charge in [-0.3, -0.25) is 4.90 Å². The molecule has 23 heavy (non-hydrogen) atoms. The molecule has 0 aromatic carbocycles. The van der Waals surface area contributed by atoms with Gasteiger partial charge in [-0.25, -0.2) is 0 Å². The number of hydrogen-bond donors (Lipinski definition) is 1. The molecular weight excluding hydrogens is 316 g/mol. The standard InChI is InChI=1S/C16H17ClN4O2/c17-12-7-10-1-2-13(19-15(10)22-12)18-14-8-16(23-20-14)9-21-5-3-11(16)4-6-21/h1-2,7,11H,3-6,8-9H2,(H,18,19,20). The largest absolute Gasteiger partial charge is 0.426 e. The van der Waals surface area contributed by atoms with Crippen LogP contribution in [0.25, 0.3) is 11.1 Å². The Morgan fingerprint density at radius 1 is 1.30 bits per heavy atom. The summed E-state index contributed by atoms with van der Waals surface area (Å²) in [6.07, 6.45) is 3.22. The molecule has 1 spiro atoms. The highest BCUT2D eigenvalue weighted by Crippen LogP contribution is 2.43. The highest BCUT2D eigenvalue weighted by Gasteiger charge is 2.52. The van der Waals surface area contributed by atoms with Crippen LogP contribution < -0.4 is 5.32 Å². The smallest absolute Gasteiger partial charge is 0.229 e. The zero-order valence-corrected chi connectivity index (χ0v) is 13.3. The summed E-state index contributed by atoms with van der Waals surface area (Å²) in [6.45, 7) is 3.36. The second-order valence-corrected chi connectivity index (χ2v) is 7.06. The Balaban J connectivity index is 1.35. The van der Waals surface area contributed by atoms with E-state index in [-0.39, 0.29) is 5.60 Å². The molecule has 0 amide bonds. The molecule has 2 bridgehead atoms. The molecule has 4 aliphatic heterocycles. The average Bonchev–Trinajstić information content (AvgIpc) is 3.11. The van der Waals surface area contributed by atoms with E-state index in [9.17, 15) is 0 Å². The van der Waals surface area contributed by atoms with Crippen molar-refractivity contribution in [1.29, 1.82) is 0 Å². The number of halogens is 1. The van der Waals surface area contributed by atoms with Crippen molar-refractivity contribution in [1.82, 2.24) is 9.88 Å². The molecule has 0 radical (unpaired) electrons. The summed E-state index contributed by atoms with van der Waals surface area (Å²) >= 11 is 5.86. The van der Waals surface area contributed by atoms with E-state index in [4.69, 9.17) is 20.9 Å². The maximum absolute atomic E-state index is 5.90. The van der Waals surface area contributed by atoms with Crippen LogP contribution in [0.2, 0.25) is 5.22 Å². The number of anilines is 1. The average molecular weight is 333 g/mol. The Hall–Kier alpha value is -1.79. The van der Waals surface area contributed by atoms with E-state index in [2.05, 4.69) is 20.4 Å². The van der Waals surface area contributed by atoms with Gasteiger partial charge in [0, 0.05) is 23.9 Å². The fourth-order valence-electron chi connectivity index (χ4n) is 4.09. The van der Waals surface area contributed by atoms with E-state index in [1.807, 2.05) is 12.1 Å². The summed E-state index contributed by atoms with van der Waals surface area (Å²) in [5.41, 5.74) is 0.383. The first-order valence-corrected chi connectivity index (χ1v) is 8.39. The summed E-state index contributed by atoms with van der Waals surface area (Å²) in [5, 5.41) is 8.79. The molecule has 6 nitrogen and oxygen atoms in total. The molecule has 1 unspecified atom stereocenters. The molecule has 6 heterocycles. The third kappa shape index (κ3) is 2.20. The van der Waals surface area contributed by atoms with Crippen LogP contribution in [0.15, 0.2) is 27.8 Å². The summed E-state index contributed by atoms with van der Waals surface area (Å²) < 4.78 is 5.36. The second kappa shape index (κ2) is 4.85. The van der Waals surface area contributed by atoms with Crippen molar-refractivity contribution in [2.45, 2.75) is 24.9 Å². The minimum atomic E-state index is -0.142. The number of hydrogen-bond acceptors (Lipinski definition) is 6. The quantitative estimate of drug-likeness (QED) is 0.869. The van der Waals surface area contributed by atoms with Gasteiger partial charge in [0.1, 0.15) is 5.82 Å².